The van der Waals surface area contributed by atoms with Crippen LogP contribution in [0.15, 0.2) is 18.2 Å². The lowest BCUT2D eigenvalue weighted by atomic mass is 9.82. The summed E-state index contributed by atoms with van der Waals surface area (Å²) in [6.45, 7) is 13.5. The monoisotopic (exact) mass is 312 g/mol. The maximum absolute atomic E-state index is 14.0. The van der Waals surface area contributed by atoms with E-state index in [9.17, 15) is 4.39 Å². The first kappa shape index (κ1) is 16.7. The summed E-state index contributed by atoms with van der Waals surface area (Å²) in [6.07, 6.45) is 0. The minimum atomic E-state index is -0.177. The number of halogens is 2. The zero-order valence-electron chi connectivity index (χ0n) is 13.6. The molecule has 1 aromatic rings. The minimum absolute atomic E-state index is 0.0385. The van der Waals surface area contributed by atoms with Crippen LogP contribution < -0.4 is 5.32 Å². The van der Waals surface area contributed by atoms with Crippen LogP contribution in [0, 0.1) is 11.2 Å². The molecule has 0 amide bonds. The summed E-state index contributed by atoms with van der Waals surface area (Å²) in [5, 5.41) is 4.19. The molecule has 1 atom stereocenters. The average Bonchev–Trinajstić information content (AvgIpc) is 2.31. The van der Waals surface area contributed by atoms with Crippen LogP contribution in [-0.4, -0.2) is 29.6 Å². The van der Waals surface area contributed by atoms with Gasteiger partial charge in [-0.05, 0) is 37.5 Å². The molecule has 4 heteroatoms. The molecule has 0 radical (unpaired) electrons. The van der Waals surface area contributed by atoms with Crippen molar-refractivity contribution in [3.8, 4) is 0 Å². The van der Waals surface area contributed by atoms with E-state index in [-0.39, 0.29) is 16.8 Å². The van der Waals surface area contributed by atoms with Crippen molar-refractivity contribution >= 4 is 11.6 Å². The van der Waals surface area contributed by atoms with Crippen molar-refractivity contribution in [2.75, 3.05) is 13.1 Å². The fourth-order valence-corrected chi connectivity index (χ4v) is 3.27. The fraction of sp³-hybridized carbons (Fsp3) is 0.647. The van der Waals surface area contributed by atoms with E-state index in [1.807, 2.05) is 0 Å². The third kappa shape index (κ3) is 4.18. The van der Waals surface area contributed by atoms with Gasteiger partial charge in [-0.1, -0.05) is 32.4 Å². The predicted octanol–water partition coefficient (Wildman–Crippen LogP) is 4.08. The molecule has 1 aliphatic rings. The van der Waals surface area contributed by atoms with E-state index in [1.54, 1.807) is 12.1 Å². The molecule has 1 fully saturated rings. The Morgan fingerprint density at radius 2 is 2.05 bits per heavy atom. The van der Waals surface area contributed by atoms with Gasteiger partial charge in [0.25, 0.3) is 0 Å². The van der Waals surface area contributed by atoms with Gasteiger partial charge in [-0.3, -0.25) is 4.90 Å². The van der Waals surface area contributed by atoms with Crippen molar-refractivity contribution in [3.63, 3.8) is 0 Å². The first-order chi connectivity index (χ1) is 9.58. The SMILES string of the molecule is CC1(C)CN(Cc2cc(Cl)ccc2F)C(C(C)(C)C)CN1. The van der Waals surface area contributed by atoms with Gasteiger partial charge in [-0.15, -0.1) is 0 Å². The number of nitrogens with zero attached hydrogens (tertiary/aromatic N) is 1. The van der Waals surface area contributed by atoms with Gasteiger partial charge in [0.15, 0.2) is 0 Å². The van der Waals surface area contributed by atoms with Crippen LogP contribution in [0.3, 0.4) is 0 Å². The number of hydrogen-bond donors (Lipinski definition) is 1. The van der Waals surface area contributed by atoms with Gasteiger partial charge < -0.3 is 5.32 Å². The van der Waals surface area contributed by atoms with Crippen LogP contribution in [0.5, 0.6) is 0 Å². The van der Waals surface area contributed by atoms with E-state index in [1.165, 1.54) is 6.07 Å². The number of nitrogens with one attached hydrogen (secondary N) is 1. The summed E-state index contributed by atoms with van der Waals surface area (Å²) in [4.78, 5) is 2.38. The summed E-state index contributed by atoms with van der Waals surface area (Å²) in [6, 6.07) is 5.16. The summed E-state index contributed by atoms with van der Waals surface area (Å²) in [7, 11) is 0. The van der Waals surface area contributed by atoms with E-state index in [4.69, 9.17) is 11.6 Å². The Morgan fingerprint density at radius 1 is 1.38 bits per heavy atom. The van der Waals surface area contributed by atoms with E-state index < -0.39 is 0 Å². The molecule has 1 heterocycles. The first-order valence-electron chi connectivity index (χ1n) is 7.51. The molecule has 0 aliphatic carbocycles. The molecule has 0 spiro atoms. The van der Waals surface area contributed by atoms with Gasteiger partial charge in [-0.2, -0.15) is 0 Å². The summed E-state index contributed by atoms with van der Waals surface area (Å²) >= 11 is 6.02. The highest BCUT2D eigenvalue weighted by atomic mass is 35.5. The fourth-order valence-electron chi connectivity index (χ4n) is 3.08. The lowest BCUT2D eigenvalue weighted by Crippen LogP contribution is -2.64. The van der Waals surface area contributed by atoms with Gasteiger partial charge in [0.1, 0.15) is 5.82 Å². The van der Waals surface area contributed by atoms with Crippen molar-refractivity contribution in [2.45, 2.75) is 52.7 Å². The normalized spacial score (nSPS) is 23.3. The Kier molecular flexibility index (Phi) is 4.67. The van der Waals surface area contributed by atoms with Crippen molar-refractivity contribution in [2.24, 2.45) is 5.41 Å². The highest BCUT2D eigenvalue weighted by Gasteiger charge is 2.38. The summed E-state index contributed by atoms with van der Waals surface area (Å²) < 4.78 is 14.0. The first-order valence-corrected chi connectivity index (χ1v) is 7.89. The molecule has 2 nitrogen and oxygen atoms in total. The van der Waals surface area contributed by atoms with Crippen LogP contribution in [0.1, 0.15) is 40.2 Å². The quantitative estimate of drug-likeness (QED) is 0.885. The Balaban J connectivity index is 2.26. The maximum Gasteiger partial charge on any atom is 0.127 e. The largest absolute Gasteiger partial charge is 0.309 e. The summed E-state index contributed by atoms with van der Waals surface area (Å²) in [5.74, 6) is -0.177. The van der Waals surface area contributed by atoms with Crippen LogP contribution >= 0.6 is 11.6 Å². The molecule has 1 aromatic carbocycles. The Bertz CT molecular complexity index is 508. The van der Waals surface area contributed by atoms with Crippen LogP contribution in [0.25, 0.3) is 0 Å². The van der Waals surface area contributed by atoms with Crippen molar-refractivity contribution in [3.05, 3.63) is 34.6 Å². The minimum Gasteiger partial charge on any atom is -0.309 e. The second kappa shape index (κ2) is 5.86. The van der Waals surface area contributed by atoms with Crippen molar-refractivity contribution < 1.29 is 4.39 Å². The molecular weight excluding hydrogens is 287 g/mol. The molecule has 0 saturated carbocycles. The Morgan fingerprint density at radius 3 is 2.67 bits per heavy atom. The van der Waals surface area contributed by atoms with Gasteiger partial charge in [0.05, 0.1) is 0 Å². The molecule has 2 rings (SSSR count). The zero-order chi connectivity index (χ0) is 15.8. The van der Waals surface area contributed by atoms with Gasteiger partial charge >= 0.3 is 0 Å². The molecule has 0 aromatic heterocycles. The van der Waals surface area contributed by atoms with E-state index in [0.717, 1.165) is 13.1 Å². The van der Waals surface area contributed by atoms with Crippen molar-refractivity contribution in [1.82, 2.24) is 10.2 Å². The molecular formula is C17H26ClFN2. The van der Waals surface area contributed by atoms with Crippen LogP contribution in [0.4, 0.5) is 4.39 Å². The van der Waals surface area contributed by atoms with Crippen molar-refractivity contribution in [1.29, 1.82) is 0 Å². The smallest absolute Gasteiger partial charge is 0.127 e. The zero-order valence-corrected chi connectivity index (χ0v) is 14.4. The standard InChI is InChI=1S/C17H26ClFN2/c1-16(2,3)15-9-20-17(4,5)11-21(15)10-12-8-13(18)6-7-14(12)19/h6-8,15,20H,9-11H2,1-5H3. The lowest BCUT2D eigenvalue weighted by molar-refractivity contribution is 0.0264. The molecule has 1 aliphatic heterocycles. The highest BCUT2D eigenvalue weighted by Crippen LogP contribution is 2.30. The second-order valence-corrected chi connectivity index (χ2v) is 8.22. The molecule has 0 bridgehead atoms. The van der Waals surface area contributed by atoms with Crippen LogP contribution in [0.2, 0.25) is 5.02 Å². The van der Waals surface area contributed by atoms with Crippen LogP contribution in [-0.2, 0) is 6.54 Å². The Labute approximate surface area is 132 Å². The van der Waals surface area contributed by atoms with E-state index in [0.29, 0.717) is 23.2 Å². The predicted molar refractivity (Wildman–Crippen MR) is 87.1 cm³/mol. The second-order valence-electron chi connectivity index (χ2n) is 7.79. The van der Waals surface area contributed by atoms with E-state index in [2.05, 4.69) is 44.8 Å². The number of rotatable bonds is 2. The molecule has 1 N–H and O–H groups in total. The highest BCUT2D eigenvalue weighted by molar-refractivity contribution is 6.30. The molecule has 118 valence electrons. The average molecular weight is 313 g/mol. The molecule has 21 heavy (non-hydrogen) atoms. The maximum atomic E-state index is 14.0. The third-order valence-electron chi connectivity index (χ3n) is 4.19. The third-order valence-corrected chi connectivity index (χ3v) is 4.43. The molecule has 1 saturated heterocycles. The molecule has 1 unspecified atom stereocenters. The summed E-state index contributed by atoms with van der Waals surface area (Å²) in [5.41, 5.74) is 0.851. The van der Waals surface area contributed by atoms with Gasteiger partial charge in [0, 0.05) is 41.8 Å². The van der Waals surface area contributed by atoms with E-state index >= 15 is 0 Å². The number of hydrogen-bond acceptors (Lipinski definition) is 2. The Hall–Kier alpha value is -0.640. The number of benzene rings is 1. The van der Waals surface area contributed by atoms with Gasteiger partial charge in [-0.25, -0.2) is 4.39 Å². The van der Waals surface area contributed by atoms with Gasteiger partial charge in [0.2, 0.25) is 0 Å². The lowest BCUT2D eigenvalue weighted by Gasteiger charge is -2.49. The number of piperazine rings is 1. The topological polar surface area (TPSA) is 15.3 Å².